The van der Waals surface area contributed by atoms with E-state index in [1.807, 2.05) is 43.8 Å². The molecule has 2 rings (SSSR count). The maximum atomic E-state index is 4.52. The van der Waals surface area contributed by atoms with Crippen LogP contribution in [0.4, 0.5) is 0 Å². The van der Waals surface area contributed by atoms with Crippen molar-refractivity contribution in [2.75, 3.05) is 25.1 Å². The largest absolute Gasteiger partial charge is 0.388 e. The fraction of sp³-hybridized carbons (Fsp3) is 0.370. The van der Waals surface area contributed by atoms with Crippen LogP contribution in [0.2, 0.25) is 0 Å². The van der Waals surface area contributed by atoms with Gasteiger partial charge < -0.3 is 10.6 Å². The van der Waals surface area contributed by atoms with Crippen molar-refractivity contribution in [1.29, 1.82) is 0 Å². The fourth-order valence-corrected chi connectivity index (χ4v) is 3.66. The standard InChI is InChI=1S/C23H31BrN4S.C2H6.C2H2/c1-17-10-6-7-11-21(17)18(2)14-23(28-20(4)22(24)15-27-28)26-13-9-8-12-25-19(3)16-29-5;2*1-2/h6-7,10-11,14-15,25-26H,2-3,8-9,12-13,16H2,1,4-5H3;1-2H3;1-2H/b23-14-;;. The van der Waals surface area contributed by atoms with Crippen LogP contribution in [-0.2, 0) is 0 Å². The third kappa shape index (κ3) is 10.9. The first-order valence-electron chi connectivity index (χ1n) is 11.1. The third-order valence-electron chi connectivity index (χ3n) is 4.58. The Morgan fingerprint density at radius 1 is 1.12 bits per heavy atom. The molecule has 0 aliphatic rings. The van der Waals surface area contributed by atoms with Gasteiger partial charge in [-0.2, -0.15) is 16.9 Å². The van der Waals surface area contributed by atoms with Crippen LogP contribution >= 0.6 is 27.7 Å². The van der Waals surface area contributed by atoms with Crippen molar-refractivity contribution in [3.8, 4) is 12.8 Å². The van der Waals surface area contributed by atoms with Gasteiger partial charge in [-0.3, -0.25) is 0 Å². The zero-order chi connectivity index (χ0) is 25.2. The number of benzene rings is 1. The van der Waals surface area contributed by atoms with E-state index in [-0.39, 0.29) is 0 Å². The van der Waals surface area contributed by atoms with Crippen LogP contribution in [0.1, 0.15) is 43.5 Å². The van der Waals surface area contributed by atoms with Gasteiger partial charge in [-0.1, -0.05) is 51.3 Å². The van der Waals surface area contributed by atoms with Gasteiger partial charge in [-0.05, 0) is 71.7 Å². The van der Waals surface area contributed by atoms with Gasteiger partial charge in [0.2, 0.25) is 0 Å². The van der Waals surface area contributed by atoms with Crippen molar-refractivity contribution in [3.63, 3.8) is 0 Å². The summed E-state index contributed by atoms with van der Waals surface area (Å²) in [7, 11) is 0. The molecule has 33 heavy (non-hydrogen) atoms. The number of unbranched alkanes of at least 4 members (excludes halogenated alkanes) is 1. The molecule has 0 fully saturated rings. The molecule has 180 valence electrons. The number of nitrogens with one attached hydrogen (secondary N) is 2. The van der Waals surface area contributed by atoms with Gasteiger partial charge in [-0.15, -0.1) is 12.8 Å². The lowest BCUT2D eigenvalue weighted by Crippen LogP contribution is -2.22. The maximum absolute atomic E-state index is 4.52. The Labute approximate surface area is 214 Å². The second-order valence-electron chi connectivity index (χ2n) is 6.96. The lowest BCUT2D eigenvalue weighted by molar-refractivity contribution is 0.647. The number of nitrogens with zero attached hydrogens (tertiary/aromatic N) is 2. The Hall–Kier alpha value is -2.36. The van der Waals surface area contributed by atoms with E-state index in [1.165, 1.54) is 5.56 Å². The van der Waals surface area contributed by atoms with Gasteiger partial charge in [0.25, 0.3) is 0 Å². The highest BCUT2D eigenvalue weighted by Crippen LogP contribution is 2.22. The molecule has 0 radical (unpaired) electrons. The number of thioether (sulfide) groups is 1. The molecular formula is C27H39BrN4S. The Kier molecular flexibility index (Phi) is 16.8. The summed E-state index contributed by atoms with van der Waals surface area (Å²) < 4.78 is 2.91. The molecule has 0 unspecified atom stereocenters. The minimum Gasteiger partial charge on any atom is -0.388 e. The Morgan fingerprint density at radius 3 is 2.27 bits per heavy atom. The van der Waals surface area contributed by atoms with Crippen molar-refractivity contribution in [2.24, 2.45) is 0 Å². The Balaban J connectivity index is 0.00000242. The third-order valence-corrected chi connectivity index (χ3v) is 6.00. The van der Waals surface area contributed by atoms with E-state index in [9.17, 15) is 0 Å². The molecule has 1 aromatic heterocycles. The number of aromatic nitrogens is 2. The van der Waals surface area contributed by atoms with Gasteiger partial charge in [-0.25, -0.2) is 4.68 Å². The van der Waals surface area contributed by atoms with Gasteiger partial charge >= 0.3 is 0 Å². The van der Waals surface area contributed by atoms with Crippen LogP contribution in [-0.4, -0.2) is 34.9 Å². The summed E-state index contributed by atoms with van der Waals surface area (Å²) in [4.78, 5) is 0. The monoisotopic (exact) mass is 530 g/mol. The molecule has 6 heteroatoms. The smallest absolute Gasteiger partial charge is 0.128 e. The molecule has 2 aromatic rings. The molecule has 0 spiro atoms. The highest BCUT2D eigenvalue weighted by atomic mass is 79.9. The predicted octanol–water partition coefficient (Wildman–Crippen LogP) is 6.89. The number of hydrogen-bond donors (Lipinski definition) is 2. The summed E-state index contributed by atoms with van der Waals surface area (Å²) in [6, 6.07) is 8.30. The zero-order valence-corrected chi connectivity index (χ0v) is 23.2. The van der Waals surface area contributed by atoms with Gasteiger partial charge in [0, 0.05) is 24.5 Å². The summed E-state index contributed by atoms with van der Waals surface area (Å²) in [6.07, 6.45) is 16.1. The first kappa shape index (κ1) is 30.6. The SMILES string of the molecule is C#C.C=C(CSC)NCCCCN/C(=C/C(=C)c1ccccc1C)n1ncc(Br)c1C.CC. The van der Waals surface area contributed by atoms with E-state index >= 15 is 0 Å². The van der Waals surface area contributed by atoms with E-state index in [4.69, 9.17) is 0 Å². The minimum absolute atomic E-state index is 0.862. The molecule has 0 aliphatic heterocycles. The highest BCUT2D eigenvalue weighted by Gasteiger charge is 2.10. The van der Waals surface area contributed by atoms with E-state index in [0.717, 1.165) is 64.5 Å². The molecule has 4 nitrogen and oxygen atoms in total. The van der Waals surface area contributed by atoms with Gasteiger partial charge in [0.1, 0.15) is 5.82 Å². The number of aryl methyl sites for hydroxylation is 1. The molecular weight excluding hydrogens is 492 g/mol. The molecule has 1 heterocycles. The van der Waals surface area contributed by atoms with Crippen molar-refractivity contribution in [2.45, 2.75) is 40.5 Å². The molecule has 0 bridgehead atoms. The molecule has 0 saturated heterocycles. The number of terminal acetylenes is 1. The van der Waals surface area contributed by atoms with Crippen molar-refractivity contribution in [3.05, 3.63) is 76.7 Å². The van der Waals surface area contributed by atoms with Crippen LogP contribution in [0.25, 0.3) is 11.4 Å². The number of halogens is 1. The normalized spacial score (nSPS) is 10.2. The van der Waals surface area contributed by atoms with Gasteiger partial charge in [0.05, 0.1) is 16.4 Å². The zero-order valence-electron chi connectivity index (χ0n) is 20.7. The van der Waals surface area contributed by atoms with Gasteiger partial charge in [0.15, 0.2) is 0 Å². The number of rotatable bonds is 12. The van der Waals surface area contributed by atoms with E-state index in [0.29, 0.717) is 0 Å². The molecule has 0 aliphatic carbocycles. The second kappa shape index (κ2) is 18.1. The summed E-state index contributed by atoms with van der Waals surface area (Å²) in [5, 5.41) is 11.4. The van der Waals surface area contributed by atoms with Crippen LogP contribution in [0, 0.1) is 26.7 Å². The van der Waals surface area contributed by atoms with E-state index in [1.54, 1.807) is 11.8 Å². The molecule has 0 saturated carbocycles. The summed E-state index contributed by atoms with van der Waals surface area (Å²) in [5.41, 5.74) is 5.47. The molecule has 0 amide bonds. The first-order chi connectivity index (χ1) is 15.9. The molecule has 2 N–H and O–H groups in total. The fourth-order valence-electron chi connectivity index (χ4n) is 2.95. The van der Waals surface area contributed by atoms with Crippen molar-refractivity contribution >= 4 is 39.1 Å². The molecule has 1 aromatic carbocycles. The van der Waals surface area contributed by atoms with Crippen LogP contribution in [0.3, 0.4) is 0 Å². The minimum atomic E-state index is 0.862. The van der Waals surface area contributed by atoms with E-state index in [2.05, 4.69) is 89.1 Å². The molecule has 0 atom stereocenters. The Morgan fingerprint density at radius 2 is 1.73 bits per heavy atom. The number of allylic oxidation sites excluding steroid dienone is 2. The lowest BCUT2D eigenvalue weighted by atomic mass is 10.0. The lowest BCUT2D eigenvalue weighted by Gasteiger charge is -2.15. The average molecular weight is 532 g/mol. The Bertz CT molecular complexity index is 912. The maximum Gasteiger partial charge on any atom is 0.128 e. The van der Waals surface area contributed by atoms with Crippen molar-refractivity contribution < 1.29 is 0 Å². The van der Waals surface area contributed by atoms with Crippen LogP contribution in [0.5, 0.6) is 0 Å². The summed E-state index contributed by atoms with van der Waals surface area (Å²) in [6.45, 7) is 18.3. The number of hydrogen-bond acceptors (Lipinski definition) is 4. The summed E-state index contributed by atoms with van der Waals surface area (Å²) >= 11 is 5.34. The van der Waals surface area contributed by atoms with Crippen LogP contribution < -0.4 is 10.6 Å². The summed E-state index contributed by atoms with van der Waals surface area (Å²) in [5.74, 6) is 1.89. The van der Waals surface area contributed by atoms with Crippen LogP contribution in [0.15, 0.2) is 59.9 Å². The quantitative estimate of drug-likeness (QED) is 0.178. The average Bonchev–Trinajstić information content (AvgIpc) is 3.16. The van der Waals surface area contributed by atoms with E-state index < -0.39 is 0 Å². The topological polar surface area (TPSA) is 41.9 Å². The van der Waals surface area contributed by atoms with Crippen molar-refractivity contribution in [1.82, 2.24) is 20.4 Å². The first-order valence-corrected chi connectivity index (χ1v) is 13.3. The highest BCUT2D eigenvalue weighted by molar-refractivity contribution is 9.10. The second-order valence-corrected chi connectivity index (χ2v) is 8.68. The predicted molar refractivity (Wildman–Crippen MR) is 153 cm³/mol.